The monoisotopic (exact) mass is 422 g/mol. The van der Waals surface area contributed by atoms with Crippen LogP contribution in [0, 0.1) is 0 Å². The second kappa shape index (κ2) is 10.0. The predicted octanol–water partition coefficient (Wildman–Crippen LogP) is 2.26. The van der Waals surface area contributed by atoms with E-state index in [0.29, 0.717) is 37.3 Å². The highest BCUT2D eigenvalue weighted by atomic mass is 32.2. The Morgan fingerprint density at radius 3 is 2.48 bits per heavy atom. The van der Waals surface area contributed by atoms with Crippen molar-refractivity contribution in [1.29, 1.82) is 0 Å². The summed E-state index contributed by atoms with van der Waals surface area (Å²) < 4.78 is 26.9. The zero-order valence-corrected chi connectivity index (χ0v) is 18.4. The van der Waals surface area contributed by atoms with E-state index in [1.54, 1.807) is 24.3 Å². The van der Waals surface area contributed by atoms with Gasteiger partial charge in [0.1, 0.15) is 0 Å². The number of anilines is 1. The molecule has 2 heterocycles. The van der Waals surface area contributed by atoms with E-state index in [2.05, 4.69) is 29.4 Å². The lowest BCUT2D eigenvalue weighted by Crippen LogP contribution is -2.45. The standard InChI is InChI=1S/C21H34N4O3S/c1-17(2)22-18-8-13-24(14-9-18)15-10-21(26)23-19-6-5-7-20(16-19)29(27,28)25-11-3-4-12-25/h5-7,16-18,22H,3-4,8-15H2,1-2H3,(H,23,26). The summed E-state index contributed by atoms with van der Waals surface area (Å²) in [4.78, 5) is 14.9. The van der Waals surface area contributed by atoms with Gasteiger partial charge < -0.3 is 15.5 Å². The molecule has 2 saturated heterocycles. The molecule has 3 rings (SSSR count). The van der Waals surface area contributed by atoms with Gasteiger partial charge in [0.2, 0.25) is 15.9 Å². The number of amides is 1. The third-order valence-corrected chi connectivity index (χ3v) is 7.53. The molecule has 1 amide bonds. The molecule has 0 unspecified atom stereocenters. The average Bonchev–Trinajstić information content (AvgIpc) is 3.23. The van der Waals surface area contributed by atoms with Gasteiger partial charge in [-0.15, -0.1) is 0 Å². The van der Waals surface area contributed by atoms with Crippen LogP contribution in [0.15, 0.2) is 29.2 Å². The molecule has 162 valence electrons. The topological polar surface area (TPSA) is 81.8 Å². The number of nitrogens with zero attached hydrogens (tertiary/aromatic N) is 2. The van der Waals surface area contributed by atoms with Crippen molar-refractivity contribution in [3.05, 3.63) is 24.3 Å². The van der Waals surface area contributed by atoms with Crippen molar-refractivity contribution in [2.24, 2.45) is 0 Å². The second-order valence-electron chi connectivity index (χ2n) is 8.37. The van der Waals surface area contributed by atoms with E-state index in [9.17, 15) is 13.2 Å². The summed E-state index contributed by atoms with van der Waals surface area (Å²) in [5, 5.41) is 6.44. The minimum atomic E-state index is -3.47. The van der Waals surface area contributed by atoms with Gasteiger partial charge in [0.05, 0.1) is 4.90 Å². The largest absolute Gasteiger partial charge is 0.326 e. The van der Waals surface area contributed by atoms with E-state index in [-0.39, 0.29) is 10.8 Å². The highest BCUT2D eigenvalue weighted by Crippen LogP contribution is 2.23. The maximum atomic E-state index is 12.7. The Hall–Kier alpha value is -1.48. The van der Waals surface area contributed by atoms with Crippen molar-refractivity contribution >= 4 is 21.6 Å². The average molecular weight is 423 g/mol. The first-order valence-corrected chi connectivity index (χ1v) is 12.2. The van der Waals surface area contributed by atoms with Crippen LogP contribution in [0.3, 0.4) is 0 Å². The fourth-order valence-corrected chi connectivity index (χ4v) is 5.65. The van der Waals surface area contributed by atoms with Gasteiger partial charge in [-0.25, -0.2) is 8.42 Å². The van der Waals surface area contributed by atoms with Crippen LogP contribution in [0.2, 0.25) is 0 Å². The van der Waals surface area contributed by atoms with Crippen LogP contribution >= 0.6 is 0 Å². The Kier molecular flexibility index (Phi) is 7.67. The summed E-state index contributed by atoms with van der Waals surface area (Å²) in [5.41, 5.74) is 0.537. The minimum Gasteiger partial charge on any atom is -0.326 e. The molecule has 2 aliphatic rings. The van der Waals surface area contributed by atoms with Crippen molar-refractivity contribution in [2.45, 2.75) is 62.9 Å². The van der Waals surface area contributed by atoms with Crippen molar-refractivity contribution < 1.29 is 13.2 Å². The number of sulfonamides is 1. The normalized spacial score (nSPS) is 19.7. The van der Waals surface area contributed by atoms with E-state index in [1.807, 2.05) is 0 Å². The number of likely N-dealkylation sites (tertiary alicyclic amines) is 1. The SMILES string of the molecule is CC(C)NC1CCN(CCC(=O)Nc2cccc(S(=O)(=O)N3CCCC3)c2)CC1. The first kappa shape index (κ1) is 22.2. The highest BCUT2D eigenvalue weighted by Gasteiger charge is 2.27. The maximum absolute atomic E-state index is 12.7. The summed E-state index contributed by atoms with van der Waals surface area (Å²) in [6, 6.07) is 7.66. The molecule has 1 aromatic carbocycles. The molecule has 29 heavy (non-hydrogen) atoms. The molecular weight excluding hydrogens is 388 g/mol. The van der Waals surface area contributed by atoms with Gasteiger partial charge in [0.25, 0.3) is 0 Å². The first-order valence-electron chi connectivity index (χ1n) is 10.7. The van der Waals surface area contributed by atoms with Crippen molar-refractivity contribution in [3.8, 4) is 0 Å². The van der Waals surface area contributed by atoms with E-state index in [4.69, 9.17) is 0 Å². The van der Waals surface area contributed by atoms with Gasteiger partial charge in [-0.2, -0.15) is 4.31 Å². The molecule has 0 aliphatic carbocycles. The number of carbonyl (C=O) groups excluding carboxylic acids is 1. The number of hydrogen-bond acceptors (Lipinski definition) is 5. The lowest BCUT2D eigenvalue weighted by atomic mass is 10.0. The van der Waals surface area contributed by atoms with Gasteiger partial charge in [-0.1, -0.05) is 19.9 Å². The van der Waals surface area contributed by atoms with Gasteiger partial charge >= 0.3 is 0 Å². The molecule has 7 nitrogen and oxygen atoms in total. The van der Waals surface area contributed by atoms with Crippen molar-refractivity contribution in [3.63, 3.8) is 0 Å². The smallest absolute Gasteiger partial charge is 0.243 e. The molecule has 8 heteroatoms. The predicted molar refractivity (Wildman–Crippen MR) is 115 cm³/mol. The molecule has 0 radical (unpaired) electrons. The number of piperidine rings is 1. The number of carbonyl (C=O) groups is 1. The summed E-state index contributed by atoms with van der Waals surface area (Å²) in [6.07, 6.45) is 4.43. The lowest BCUT2D eigenvalue weighted by Gasteiger charge is -2.33. The van der Waals surface area contributed by atoms with Crippen LogP contribution in [-0.2, 0) is 14.8 Å². The number of benzene rings is 1. The molecule has 2 N–H and O–H groups in total. The van der Waals surface area contributed by atoms with Gasteiger partial charge in [-0.05, 0) is 57.0 Å². The number of rotatable bonds is 8. The Bertz CT molecular complexity index is 783. The fraction of sp³-hybridized carbons (Fsp3) is 0.667. The first-order chi connectivity index (χ1) is 13.8. The molecular formula is C21H34N4O3S. The summed E-state index contributed by atoms with van der Waals surface area (Å²) >= 11 is 0. The van der Waals surface area contributed by atoms with Gasteiger partial charge in [0, 0.05) is 43.8 Å². The van der Waals surface area contributed by atoms with Crippen LogP contribution < -0.4 is 10.6 Å². The third kappa shape index (κ3) is 6.25. The molecule has 2 fully saturated rings. The molecule has 0 bridgehead atoms. The number of hydrogen-bond donors (Lipinski definition) is 2. The Morgan fingerprint density at radius 1 is 1.14 bits per heavy atom. The third-order valence-electron chi connectivity index (χ3n) is 5.63. The Labute approximate surface area is 174 Å². The second-order valence-corrected chi connectivity index (χ2v) is 10.3. The van der Waals surface area contributed by atoms with E-state index in [1.165, 1.54) is 4.31 Å². The fourth-order valence-electron chi connectivity index (χ4n) is 4.09. The maximum Gasteiger partial charge on any atom is 0.243 e. The summed E-state index contributed by atoms with van der Waals surface area (Å²) in [5.74, 6) is -0.0804. The zero-order chi connectivity index (χ0) is 20.9. The van der Waals surface area contributed by atoms with E-state index in [0.717, 1.165) is 45.3 Å². The molecule has 2 aliphatic heterocycles. The van der Waals surface area contributed by atoms with Crippen LogP contribution in [0.5, 0.6) is 0 Å². The molecule has 0 atom stereocenters. The summed E-state index contributed by atoms with van der Waals surface area (Å²) in [6.45, 7) is 8.21. The van der Waals surface area contributed by atoms with E-state index < -0.39 is 10.0 Å². The minimum absolute atomic E-state index is 0.0804. The molecule has 0 saturated carbocycles. The molecule has 1 aromatic rings. The van der Waals surface area contributed by atoms with Crippen LogP contribution in [-0.4, -0.2) is 68.3 Å². The zero-order valence-electron chi connectivity index (χ0n) is 17.6. The van der Waals surface area contributed by atoms with E-state index >= 15 is 0 Å². The quantitative estimate of drug-likeness (QED) is 0.672. The Morgan fingerprint density at radius 2 is 1.83 bits per heavy atom. The lowest BCUT2D eigenvalue weighted by molar-refractivity contribution is -0.116. The highest BCUT2D eigenvalue weighted by molar-refractivity contribution is 7.89. The van der Waals surface area contributed by atoms with Crippen LogP contribution in [0.25, 0.3) is 0 Å². The van der Waals surface area contributed by atoms with Crippen LogP contribution in [0.4, 0.5) is 5.69 Å². The molecule has 0 spiro atoms. The van der Waals surface area contributed by atoms with Gasteiger partial charge in [-0.3, -0.25) is 4.79 Å². The van der Waals surface area contributed by atoms with Crippen molar-refractivity contribution in [1.82, 2.24) is 14.5 Å². The summed E-state index contributed by atoms with van der Waals surface area (Å²) in [7, 11) is -3.47. The van der Waals surface area contributed by atoms with Gasteiger partial charge in [0.15, 0.2) is 0 Å². The van der Waals surface area contributed by atoms with Crippen molar-refractivity contribution in [2.75, 3.05) is 38.0 Å². The molecule has 0 aromatic heterocycles. The number of nitrogens with one attached hydrogen (secondary N) is 2. The Balaban J connectivity index is 1.48. The van der Waals surface area contributed by atoms with Crippen LogP contribution in [0.1, 0.15) is 46.0 Å².